The first-order valence-electron chi connectivity index (χ1n) is 5.06. The highest BCUT2D eigenvalue weighted by atomic mass is 32.1. The summed E-state index contributed by atoms with van der Waals surface area (Å²) in [6.07, 6.45) is 0. The van der Waals surface area contributed by atoms with Crippen molar-refractivity contribution in [3.8, 4) is 0 Å². The maximum Gasteiger partial charge on any atom is 0.206 e. The van der Waals surface area contributed by atoms with Crippen LogP contribution < -0.4 is 0 Å². The molecule has 0 spiro atoms. The Kier molecular flexibility index (Phi) is 3.07. The quantitative estimate of drug-likeness (QED) is 0.741. The third-order valence-corrected chi connectivity index (χ3v) is 3.59. The molecule has 1 aromatic carbocycles. The highest BCUT2D eigenvalue weighted by molar-refractivity contribution is 7.14. The zero-order valence-corrected chi connectivity index (χ0v) is 10.2. The third-order valence-electron chi connectivity index (χ3n) is 2.44. The molecular formula is C13H10F2OS. The van der Waals surface area contributed by atoms with Gasteiger partial charge in [0.25, 0.3) is 0 Å². The van der Waals surface area contributed by atoms with E-state index in [4.69, 9.17) is 0 Å². The van der Waals surface area contributed by atoms with E-state index in [0.29, 0.717) is 4.88 Å². The van der Waals surface area contributed by atoms with E-state index in [9.17, 15) is 13.6 Å². The number of ketones is 1. The zero-order valence-electron chi connectivity index (χ0n) is 9.38. The number of benzene rings is 1. The monoisotopic (exact) mass is 252 g/mol. The molecule has 0 amide bonds. The van der Waals surface area contributed by atoms with Crippen LogP contribution in [0.5, 0.6) is 0 Å². The maximum atomic E-state index is 13.5. The third kappa shape index (κ3) is 2.13. The topological polar surface area (TPSA) is 17.1 Å². The standard InChI is InChI=1S/C13H10F2OS/c1-7-6-8(2)17-13(7)12(16)9-4-3-5-10(14)11(9)15/h3-6H,1-2H3. The van der Waals surface area contributed by atoms with Gasteiger partial charge in [0.15, 0.2) is 11.6 Å². The molecule has 17 heavy (non-hydrogen) atoms. The van der Waals surface area contributed by atoms with Crippen molar-refractivity contribution in [2.24, 2.45) is 0 Å². The molecule has 0 saturated carbocycles. The molecule has 0 fully saturated rings. The highest BCUT2D eigenvalue weighted by Gasteiger charge is 2.19. The van der Waals surface area contributed by atoms with Crippen molar-refractivity contribution in [1.29, 1.82) is 0 Å². The Balaban J connectivity index is 2.51. The maximum absolute atomic E-state index is 13.5. The number of thiophene rings is 1. The average molecular weight is 252 g/mol. The van der Waals surface area contributed by atoms with Crippen molar-refractivity contribution >= 4 is 17.1 Å². The number of carbonyl (C=O) groups excluding carboxylic acids is 1. The SMILES string of the molecule is Cc1cc(C)c(C(=O)c2cccc(F)c2F)s1. The molecule has 1 nitrogen and oxygen atoms in total. The molecule has 4 heteroatoms. The molecule has 0 saturated heterocycles. The Hall–Kier alpha value is -1.55. The molecule has 0 N–H and O–H groups in total. The molecule has 0 radical (unpaired) electrons. The minimum Gasteiger partial charge on any atom is -0.288 e. The minimum absolute atomic E-state index is 0.213. The highest BCUT2D eigenvalue weighted by Crippen LogP contribution is 2.25. The van der Waals surface area contributed by atoms with Gasteiger partial charge >= 0.3 is 0 Å². The Morgan fingerprint density at radius 3 is 2.53 bits per heavy atom. The summed E-state index contributed by atoms with van der Waals surface area (Å²) >= 11 is 1.29. The molecule has 88 valence electrons. The lowest BCUT2D eigenvalue weighted by molar-refractivity contribution is 0.103. The number of aryl methyl sites for hydroxylation is 2. The van der Waals surface area contributed by atoms with Gasteiger partial charge in [-0.1, -0.05) is 6.07 Å². The van der Waals surface area contributed by atoms with E-state index in [2.05, 4.69) is 0 Å². The fourth-order valence-electron chi connectivity index (χ4n) is 1.67. The van der Waals surface area contributed by atoms with Crippen molar-refractivity contribution in [2.45, 2.75) is 13.8 Å². The van der Waals surface area contributed by atoms with E-state index in [1.54, 1.807) is 6.92 Å². The predicted octanol–water partition coefficient (Wildman–Crippen LogP) is 3.87. The summed E-state index contributed by atoms with van der Waals surface area (Å²) in [6, 6.07) is 5.49. The molecule has 2 rings (SSSR count). The second-order valence-corrected chi connectivity index (χ2v) is 5.06. The summed E-state index contributed by atoms with van der Waals surface area (Å²) in [6.45, 7) is 3.66. The van der Waals surface area contributed by atoms with E-state index in [-0.39, 0.29) is 5.56 Å². The second-order valence-electron chi connectivity index (χ2n) is 3.80. The lowest BCUT2D eigenvalue weighted by Crippen LogP contribution is -2.05. The molecule has 1 aromatic heterocycles. The fraction of sp³-hybridized carbons (Fsp3) is 0.154. The van der Waals surface area contributed by atoms with E-state index in [1.807, 2.05) is 13.0 Å². The van der Waals surface area contributed by atoms with Crippen molar-refractivity contribution in [3.63, 3.8) is 0 Å². The smallest absolute Gasteiger partial charge is 0.206 e. The van der Waals surface area contributed by atoms with Gasteiger partial charge in [-0.3, -0.25) is 4.79 Å². The predicted molar refractivity (Wildman–Crippen MR) is 63.6 cm³/mol. The van der Waals surface area contributed by atoms with Gasteiger partial charge in [-0.2, -0.15) is 0 Å². The summed E-state index contributed by atoms with van der Waals surface area (Å²) in [5.74, 6) is -2.54. The van der Waals surface area contributed by atoms with Gasteiger partial charge in [0.2, 0.25) is 5.78 Å². The fourth-order valence-corrected chi connectivity index (χ4v) is 2.65. The van der Waals surface area contributed by atoms with Crippen molar-refractivity contribution in [2.75, 3.05) is 0 Å². The van der Waals surface area contributed by atoms with Crippen LogP contribution in [-0.4, -0.2) is 5.78 Å². The van der Waals surface area contributed by atoms with E-state index in [0.717, 1.165) is 16.5 Å². The number of hydrogen-bond acceptors (Lipinski definition) is 2. The van der Waals surface area contributed by atoms with Gasteiger partial charge in [0.05, 0.1) is 10.4 Å². The first-order valence-corrected chi connectivity index (χ1v) is 5.88. The summed E-state index contributed by atoms with van der Waals surface area (Å²) in [5.41, 5.74) is 0.580. The van der Waals surface area contributed by atoms with E-state index in [1.165, 1.54) is 23.5 Å². The van der Waals surface area contributed by atoms with Crippen molar-refractivity contribution < 1.29 is 13.6 Å². The normalized spacial score (nSPS) is 10.6. The van der Waals surface area contributed by atoms with Crippen molar-refractivity contribution in [3.05, 3.63) is 56.8 Å². The zero-order chi connectivity index (χ0) is 12.6. The number of rotatable bonds is 2. The van der Waals surface area contributed by atoms with Crippen LogP contribution in [0.1, 0.15) is 25.7 Å². The van der Waals surface area contributed by atoms with Crippen LogP contribution in [0.15, 0.2) is 24.3 Å². The summed E-state index contributed by atoms with van der Waals surface area (Å²) in [7, 11) is 0. The molecular weight excluding hydrogens is 242 g/mol. The van der Waals surface area contributed by atoms with Crippen LogP contribution in [0.4, 0.5) is 8.78 Å². The number of hydrogen-bond donors (Lipinski definition) is 0. The Morgan fingerprint density at radius 1 is 1.24 bits per heavy atom. The van der Waals surface area contributed by atoms with Gasteiger partial charge < -0.3 is 0 Å². The van der Waals surface area contributed by atoms with Crippen molar-refractivity contribution in [1.82, 2.24) is 0 Å². The molecule has 0 aliphatic carbocycles. The molecule has 0 aliphatic heterocycles. The first-order chi connectivity index (χ1) is 8.00. The number of carbonyl (C=O) groups is 1. The van der Waals surface area contributed by atoms with Gasteiger partial charge in [-0.05, 0) is 37.6 Å². The van der Waals surface area contributed by atoms with E-state index >= 15 is 0 Å². The largest absolute Gasteiger partial charge is 0.288 e. The first kappa shape index (κ1) is 11.9. The Labute approximate surface area is 102 Å². The molecule has 2 aromatic rings. The van der Waals surface area contributed by atoms with Crippen LogP contribution in [0, 0.1) is 25.5 Å². The molecule has 0 bridgehead atoms. The second kappa shape index (κ2) is 4.37. The summed E-state index contributed by atoms with van der Waals surface area (Å²) < 4.78 is 26.5. The molecule has 0 aliphatic rings. The van der Waals surface area contributed by atoms with Gasteiger partial charge in [-0.25, -0.2) is 8.78 Å². The minimum atomic E-state index is -1.08. The van der Waals surface area contributed by atoms with Gasteiger partial charge in [0.1, 0.15) is 0 Å². The Bertz CT molecular complexity index is 587. The van der Waals surface area contributed by atoms with E-state index < -0.39 is 17.4 Å². The van der Waals surface area contributed by atoms with Crippen LogP contribution in [0.25, 0.3) is 0 Å². The molecule has 0 unspecified atom stereocenters. The van der Waals surface area contributed by atoms with Crippen LogP contribution in [0.3, 0.4) is 0 Å². The van der Waals surface area contributed by atoms with Crippen LogP contribution in [-0.2, 0) is 0 Å². The summed E-state index contributed by atoms with van der Waals surface area (Å²) in [5, 5.41) is 0. The summed E-state index contributed by atoms with van der Waals surface area (Å²) in [4.78, 5) is 13.5. The average Bonchev–Trinajstić information content (AvgIpc) is 2.61. The van der Waals surface area contributed by atoms with Crippen LogP contribution in [0.2, 0.25) is 0 Å². The lowest BCUT2D eigenvalue weighted by Gasteiger charge is -2.02. The van der Waals surface area contributed by atoms with Crippen LogP contribution >= 0.6 is 11.3 Å². The lowest BCUT2D eigenvalue weighted by atomic mass is 10.1. The van der Waals surface area contributed by atoms with Gasteiger partial charge in [0, 0.05) is 4.88 Å². The molecule has 1 heterocycles. The Morgan fingerprint density at radius 2 is 1.94 bits per heavy atom. The molecule has 0 atom stereocenters. The number of halogens is 2. The van der Waals surface area contributed by atoms with Gasteiger partial charge in [-0.15, -0.1) is 11.3 Å².